The van der Waals surface area contributed by atoms with Gasteiger partial charge in [-0.2, -0.15) is 10.5 Å². The summed E-state index contributed by atoms with van der Waals surface area (Å²) in [6, 6.07) is 8.71. The smallest absolute Gasteiger partial charge is 0.307 e. The van der Waals surface area contributed by atoms with Crippen LogP contribution in [0, 0.1) is 22.7 Å². The van der Waals surface area contributed by atoms with Crippen LogP contribution in [0.2, 0.25) is 0 Å². The second-order valence-corrected chi connectivity index (χ2v) is 3.24. The van der Waals surface area contributed by atoms with Gasteiger partial charge in [0.25, 0.3) is 0 Å². The summed E-state index contributed by atoms with van der Waals surface area (Å²) < 4.78 is 4.50. The summed E-state index contributed by atoms with van der Waals surface area (Å²) >= 11 is 0. The first-order valence-electron chi connectivity index (χ1n) is 4.96. The first-order chi connectivity index (χ1) is 8.21. The Balaban J connectivity index is 2.65. The largest absolute Gasteiger partial charge is 0.469 e. The number of hydrogen-bond donors (Lipinski definition) is 1. The van der Waals surface area contributed by atoms with Crippen molar-refractivity contribution in [3.05, 3.63) is 29.3 Å². The van der Waals surface area contributed by atoms with Crippen molar-refractivity contribution in [3.63, 3.8) is 0 Å². The van der Waals surface area contributed by atoms with Gasteiger partial charge in [-0.3, -0.25) is 4.79 Å². The van der Waals surface area contributed by atoms with Gasteiger partial charge in [0, 0.05) is 12.2 Å². The summed E-state index contributed by atoms with van der Waals surface area (Å²) in [6.07, 6.45) is 0.248. The van der Waals surface area contributed by atoms with E-state index >= 15 is 0 Å². The molecule has 1 aromatic rings. The van der Waals surface area contributed by atoms with Crippen molar-refractivity contribution in [1.29, 1.82) is 10.5 Å². The molecule has 0 unspecified atom stereocenters. The predicted octanol–water partition coefficient (Wildman–Crippen LogP) is 1.40. The van der Waals surface area contributed by atoms with Crippen LogP contribution in [0.1, 0.15) is 17.5 Å². The van der Waals surface area contributed by atoms with Crippen LogP contribution >= 0.6 is 0 Å². The third-order valence-corrected chi connectivity index (χ3v) is 2.15. The fourth-order valence-corrected chi connectivity index (χ4v) is 1.26. The Labute approximate surface area is 99.2 Å². The highest BCUT2D eigenvalue weighted by atomic mass is 16.5. The number of rotatable bonds is 4. The zero-order chi connectivity index (χ0) is 12.7. The van der Waals surface area contributed by atoms with Gasteiger partial charge in [-0.25, -0.2) is 0 Å². The summed E-state index contributed by atoms with van der Waals surface area (Å²) in [5.74, 6) is -0.299. The Hall–Kier alpha value is -2.53. The van der Waals surface area contributed by atoms with Crippen molar-refractivity contribution < 1.29 is 9.53 Å². The molecule has 1 rings (SSSR count). The van der Waals surface area contributed by atoms with E-state index in [9.17, 15) is 4.79 Å². The molecule has 5 nitrogen and oxygen atoms in total. The molecule has 1 N–H and O–H groups in total. The fraction of sp³-hybridized carbons (Fsp3) is 0.250. The topological polar surface area (TPSA) is 85.9 Å². The van der Waals surface area contributed by atoms with E-state index in [1.807, 2.05) is 12.1 Å². The molecule has 0 aromatic heterocycles. The van der Waals surface area contributed by atoms with E-state index in [-0.39, 0.29) is 12.4 Å². The molecule has 0 aliphatic heterocycles. The number of benzene rings is 1. The van der Waals surface area contributed by atoms with E-state index in [0.717, 1.165) is 0 Å². The second kappa shape index (κ2) is 6.14. The van der Waals surface area contributed by atoms with Crippen LogP contribution in [-0.4, -0.2) is 19.6 Å². The van der Waals surface area contributed by atoms with Crippen LogP contribution in [0.4, 0.5) is 5.69 Å². The summed E-state index contributed by atoms with van der Waals surface area (Å²) in [6.45, 7) is 0.420. The minimum atomic E-state index is -0.299. The lowest BCUT2D eigenvalue weighted by molar-refractivity contribution is -0.140. The van der Waals surface area contributed by atoms with Gasteiger partial charge < -0.3 is 10.1 Å². The summed E-state index contributed by atoms with van der Waals surface area (Å²) in [7, 11) is 1.33. The van der Waals surface area contributed by atoms with Gasteiger partial charge in [0.15, 0.2) is 0 Å². The lowest BCUT2D eigenvalue weighted by Crippen LogP contribution is -2.09. The highest BCUT2D eigenvalue weighted by molar-refractivity contribution is 5.70. The molecule has 0 aliphatic rings. The van der Waals surface area contributed by atoms with Crippen LogP contribution in [0.15, 0.2) is 18.2 Å². The van der Waals surface area contributed by atoms with Crippen LogP contribution in [0.3, 0.4) is 0 Å². The molecule has 86 valence electrons. The van der Waals surface area contributed by atoms with Crippen molar-refractivity contribution in [3.8, 4) is 12.1 Å². The van der Waals surface area contributed by atoms with Gasteiger partial charge in [-0.15, -0.1) is 0 Å². The molecular formula is C12H11N3O2. The number of methoxy groups -OCH3 is 1. The van der Waals surface area contributed by atoms with Gasteiger partial charge in [0.1, 0.15) is 12.1 Å². The zero-order valence-corrected chi connectivity index (χ0v) is 9.36. The molecular weight excluding hydrogens is 218 g/mol. The van der Waals surface area contributed by atoms with Crippen molar-refractivity contribution in [2.24, 2.45) is 0 Å². The average Bonchev–Trinajstić information content (AvgIpc) is 2.38. The molecule has 0 aliphatic carbocycles. The molecule has 0 amide bonds. The Bertz CT molecular complexity index is 497. The number of nitrogens with one attached hydrogen (secondary N) is 1. The molecule has 17 heavy (non-hydrogen) atoms. The Morgan fingerprint density at radius 1 is 1.35 bits per heavy atom. The highest BCUT2D eigenvalue weighted by Crippen LogP contribution is 2.14. The highest BCUT2D eigenvalue weighted by Gasteiger charge is 2.03. The number of carbonyl (C=O) groups excluding carboxylic acids is 1. The molecule has 5 heteroatoms. The quantitative estimate of drug-likeness (QED) is 0.789. The van der Waals surface area contributed by atoms with Gasteiger partial charge in [-0.05, 0) is 18.2 Å². The van der Waals surface area contributed by atoms with Crippen molar-refractivity contribution in [2.75, 3.05) is 19.0 Å². The standard InChI is InChI=1S/C12H11N3O2/c1-17-12(16)4-5-15-11-3-2-9(7-13)10(6-11)8-14/h2-3,6,15H,4-5H2,1H3. The number of esters is 1. The molecule has 0 fully saturated rings. The zero-order valence-electron chi connectivity index (χ0n) is 9.36. The minimum Gasteiger partial charge on any atom is -0.469 e. The maximum Gasteiger partial charge on any atom is 0.307 e. The van der Waals surface area contributed by atoms with Crippen molar-refractivity contribution in [1.82, 2.24) is 0 Å². The fourth-order valence-electron chi connectivity index (χ4n) is 1.26. The summed E-state index contributed by atoms with van der Waals surface area (Å²) in [5, 5.41) is 20.5. The first-order valence-corrected chi connectivity index (χ1v) is 4.96. The van der Waals surface area contributed by atoms with Crippen LogP contribution in [0.5, 0.6) is 0 Å². The monoisotopic (exact) mass is 229 g/mol. The van der Waals surface area contributed by atoms with Gasteiger partial charge >= 0.3 is 5.97 Å². The predicted molar refractivity (Wildman–Crippen MR) is 61.0 cm³/mol. The third-order valence-electron chi connectivity index (χ3n) is 2.15. The molecule has 0 saturated heterocycles. The number of nitriles is 2. The van der Waals surface area contributed by atoms with E-state index in [1.54, 1.807) is 18.2 Å². The number of anilines is 1. The van der Waals surface area contributed by atoms with E-state index in [1.165, 1.54) is 7.11 Å². The summed E-state index contributed by atoms with van der Waals surface area (Å²) in [4.78, 5) is 10.9. The van der Waals surface area contributed by atoms with Crippen molar-refractivity contribution >= 4 is 11.7 Å². The number of ether oxygens (including phenoxy) is 1. The number of carbonyl (C=O) groups is 1. The van der Waals surface area contributed by atoms with Gasteiger partial charge in [0.2, 0.25) is 0 Å². The van der Waals surface area contributed by atoms with Crippen LogP contribution < -0.4 is 5.32 Å². The second-order valence-electron chi connectivity index (χ2n) is 3.24. The van der Waals surface area contributed by atoms with Crippen LogP contribution in [-0.2, 0) is 9.53 Å². The SMILES string of the molecule is COC(=O)CCNc1ccc(C#N)c(C#N)c1. The van der Waals surface area contributed by atoms with Gasteiger partial charge in [0.05, 0.1) is 24.7 Å². The Morgan fingerprint density at radius 2 is 2.06 bits per heavy atom. The lowest BCUT2D eigenvalue weighted by atomic mass is 10.1. The Kier molecular flexibility index (Phi) is 4.53. The molecule has 0 heterocycles. The van der Waals surface area contributed by atoms with E-state index < -0.39 is 0 Å². The molecule has 0 spiro atoms. The lowest BCUT2D eigenvalue weighted by Gasteiger charge is -2.06. The van der Waals surface area contributed by atoms with E-state index in [2.05, 4.69) is 10.1 Å². The van der Waals surface area contributed by atoms with E-state index in [4.69, 9.17) is 10.5 Å². The Morgan fingerprint density at radius 3 is 2.65 bits per heavy atom. The molecule has 0 saturated carbocycles. The summed E-state index contributed by atoms with van der Waals surface area (Å²) in [5.41, 5.74) is 1.35. The maximum absolute atomic E-state index is 10.9. The molecule has 1 aromatic carbocycles. The number of nitrogens with zero attached hydrogens (tertiary/aromatic N) is 2. The first kappa shape index (κ1) is 12.5. The average molecular weight is 229 g/mol. The normalized spacial score (nSPS) is 8.88. The maximum atomic E-state index is 10.9. The third kappa shape index (κ3) is 3.51. The minimum absolute atomic E-state index is 0.248. The molecule has 0 atom stereocenters. The van der Waals surface area contributed by atoms with E-state index in [0.29, 0.717) is 23.4 Å². The number of hydrogen-bond acceptors (Lipinski definition) is 5. The van der Waals surface area contributed by atoms with Crippen molar-refractivity contribution in [2.45, 2.75) is 6.42 Å². The molecule has 0 radical (unpaired) electrons. The van der Waals surface area contributed by atoms with Crippen LogP contribution in [0.25, 0.3) is 0 Å². The molecule has 0 bridgehead atoms. The van der Waals surface area contributed by atoms with Gasteiger partial charge in [-0.1, -0.05) is 0 Å².